The average molecular weight is 277 g/mol. The maximum atomic E-state index is 4.69. The lowest BCUT2D eigenvalue weighted by molar-refractivity contribution is 0.549. The monoisotopic (exact) mass is 277 g/mol. The first kappa shape index (κ1) is 14.9. The highest BCUT2D eigenvalue weighted by Crippen LogP contribution is 2.43. The molecular formula is C15H27N5. The first-order chi connectivity index (χ1) is 9.45. The maximum Gasteiger partial charge on any atom is 0.191 e. The van der Waals surface area contributed by atoms with Crippen LogP contribution in [0.2, 0.25) is 0 Å². The quantitative estimate of drug-likeness (QED) is 0.638. The van der Waals surface area contributed by atoms with E-state index < -0.39 is 0 Å². The summed E-state index contributed by atoms with van der Waals surface area (Å²) in [6.07, 6.45) is 2.64. The molecule has 0 amide bonds. The molecule has 1 saturated carbocycles. The minimum absolute atomic E-state index is 0.482. The molecular weight excluding hydrogens is 250 g/mol. The van der Waals surface area contributed by atoms with Crippen molar-refractivity contribution in [1.29, 1.82) is 0 Å². The topological polar surface area (TPSA) is 54.2 Å². The van der Waals surface area contributed by atoms with Gasteiger partial charge in [0.2, 0.25) is 0 Å². The van der Waals surface area contributed by atoms with Gasteiger partial charge in [0.15, 0.2) is 5.96 Å². The second-order valence-electron chi connectivity index (χ2n) is 6.13. The first-order valence-corrected chi connectivity index (χ1v) is 7.46. The summed E-state index contributed by atoms with van der Waals surface area (Å²) in [5.41, 5.74) is 3.97. The van der Waals surface area contributed by atoms with Gasteiger partial charge in [-0.1, -0.05) is 6.92 Å². The van der Waals surface area contributed by atoms with Crippen LogP contribution < -0.4 is 10.6 Å². The molecule has 0 atom stereocenters. The molecule has 5 heteroatoms. The number of aryl methyl sites for hydroxylation is 2. The van der Waals surface area contributed by atoms with E-state index >= 15 is 0 Å². The summed E-state index contributed by atoms with van der Waals surface area (Å²) < 4.78 is 1.92. The highest BCUT2D eigenvalue weighted by Gasteiger charge is 2.36. The smallest absolute Gasteiger partial charge is 0.191 e. The average Bonchev–Trinajstić information content (AvgIpc) is 3.08. The van der Waals surface area contributed by atoms with Gasteiger partial charge in [0, 0.05) is 31.4 Å². The van der Waals surface area contributed by atoms with Crippen LogP contribution in [0.3, 0.4) is 0 Å². The number of guanidine groups is 1. The van der Waals surface area contributed by atoms with Crippen molar-refractivity contribution in [2.45, 2.75) is 47.1 Å². The van der Waals surface area contributed by atoms with Gasteiger partial charge in [-0.15, -0.1) is 0 Å². The normalized spacial score (nSPS) is 17.1. The molecule has 5 nitrogen and oxygen atoms in total. The number of hydrogen-bond donors (Lipinski definition) is 2. The molecule has 0 unspecified atom stereocenters. The third kappa shape index (κ3) is 3.52. The van der Waals surface area contributed by atoms with Crippen LogP contribution in [0.25, 0.3) is 0 Å². The molecule has 20 heavy (non-hydrogen) atoms. The van der Waals surface area contributed by atoms with Crippen molar-refractivity contribution >= 4 is 5.96 Å². The van der Waals surface area contributed by atoms with Crippen molar-refractivity contribution < 1.29 is 0 Å². The first-order valence-electron chi connectivity index (χ1n) is 7.46. The Hall–Kier alpha value is -1.52. The Kier molecular flexibility index (Phi) is 4.35. The minimum Gasteiger partial charge on any atom is -0.357 e. The molecule has 1 heterocycles. The fourth-order valence-corrected chi connectivity index (χ4v) is 2.23. The number of nitrogens with one attached hydrogen (secondary N) is 2. The lowest BCUT2D eigenvalue weighted by Crippen LogP contribution is -2.39. The van der Waals surface area contributed by atoms with Crippen LogP contribution in [0, 0.1) is 19.3 Å². The number of hydrogen-bond acceptors (Lipinski definition) is 2. The Morgan fingerprint density at radius 2 is 2.05 bits per heavy atom. The van der Waals surface area contributed by atoms with Crippen molar-refractivity contribution in [3.8, 4) is 0 Å². The summed E-state index contributed by atoms with van der Waals surface area (Å²) >= 11 is 0. The Morgan fingerprint density at radius 3 is 2.55 bits per heavy atom. The van der Waals surface area contributed by atoms with Gasteiger partial charge in [0.25, 0.3) is 0 Å². The molecule has 1 fully saturated rings. The minimum atomic E-state index is 0.482. The highest BCUT2D eigenvalue weighted by atomic mass is 15.3. The maximum absolute atomic E-state index is 4.69. The van der Waals surface area contributed by atoms with Crippen LogP contribution >= 0.6 is 0 Å². The molecule has 0 aliphatic heterocycles. The largest absolute Gasteiger partial charge is 0.357 e. The summed E-state index contributed by atoms with van der Waals surface area (Å²) in [6, 6.07) is 0. The van der Waals surface area contributed by atoms with E-state index in [2.05, 4.69) is 36.5 Å². The summed E-state index contributed by atoms with van der Waals surface area (Å²) in [5.74, 6) is 0.906. The molecule has 1 aromatic heterocycles. The van der Waals surface area contributed by atoms with Crippen LogP contribution in [0.5, 0.6) is 0 Å². The summed E-state index contributed by atoms with van der Waals surface area (Å²) in [4.78, 5) is 4.69. The third-order valence-electron chi connectivity index (χ3n) is 4.18. The van der Waals surface area contributed by atoms with Crippen LogP contribution in [0.15, 0.2) is 4.99 Å². The Balaban J connectivity index is 2.00. The second kappa shape index (κ2) is 5.85. The van der Waals surface area contributed by atoms with Gasteiger partial charge < -0.3 is 10.6 Å². The number of aliphatic imine (C=N–C) groups is 1. The third-order valence-corrected chi connectivity index (χ3v) is 4.18. The van der Waals surface area contributed by atoms with Crippen LogP contribution in [0.1, 0.15) is 43.6 Å². The molecule has 2 rings (SSSR count). The zero-order valence-corrected chi connectivity index (χ0v) is 13.4. The highest BCUT2D eigenvalue weighted by molar-refractivity contribution is 5.79. The fourth-order valence-electron chi connectivity index (χ4n) is 2.23. The van der Waals surface area contributed by atoms with E-state index in [0.29, 0.717) is 12.0 Å². The van der Waals surface area contributed by atoms with Crippen LogP contribution in [-0.4, -0.2) is 28.8 Å². The van der Waals surface area contributed by atoms with E-state index in [9.17, 15) is 0 Å². The molecule has 1 aliphatic rings. The lowest BCUT2D eigenvalue weighted by Gasteiger charge is -2.14. The van der Waals surface area contributed by atoms with Gasteiger partial charge in [-0.25, -0.2) is 4.99 Å². The summed E-state index contributed by atoms with van der Waals surface area (Å²) in [6.45, 7) is 11.1. The molecule has 1 aliphatic carbocycles. The van der Waals surface area contributed by atoms with Gasteiger partial charge >= 0.3 is 0 Å². The van der Waals surface area contributed by atoms with E-state index in [4.69, 9.17) is 4.99 Å². The molecule has 0 spiro atoms. The predicted molar refractivity (Wildman–Crippen MR) is 82.8 cm³/mol. The number of nitrogens with zero attached hydrogens (tertiary/aromatic N) is 3. The zero-order chi connectivity index (χ0) is 14.8. The van der Waals surface area contributed by atoms with E-state index in [1.165, 1.54) is 24.1 Å². The van der Waals surface area contributed by atoms with Crippen LogP contribution in [0.4, 0.5) is 0 Å². The fraction of sp³-hybridized carbons (Fsp3) is 0.733. The SMILES string of the molecule is CCNC(=NCc1c(C)nn(C)c1C)NCC1(C)CC1. The van der Waals surface area contributed by atoms with Gasteiger partial charge in [0.05, 0.1) is 12.2 Å². The van der Waals surface area contributed by atoms with Crippen molar-refractivity contribution in [2.75, 3.05) is 13.1 Å². The molecule has 0 bridgehead atoms. The zero-order valence-electron chi connectivity index (χ0n) is 13.4. The Morgan fingerprint density at radius 1 is 1.35 bits per heavy atom. The van der Waals surface area contributed by atoms with Gasteiger partial charge in [-0.3, -0.25) is 4.68 Å². The summed E-state index contributed by atoms with van der Waals surface area (Å²) in [5, 5.41) is 11.2. The molecule has 1 aromatic rings. The molecule has 0 aromatic carbocycles. The van der Waals surface area contributed by atoms with E-state index in [0.717, 1.165) is 24.7 Å². The Labute approximate surface area is 121 Å². The predicted octanol–water partition coefficient (Wildman–Crippen LogP) is 1.89. The summed E-state index contributed by atoms with van der Waals surface area (Å²) in [7, 11) is 1.98. The molecule has 0 saturated heterocycles. The number of rotatable bonds is 5. The van der Waals surface area contributed by atoms with Gasteiger partial charge in [0.1, 0.15) is 0 Å². The van der Waals surface area contributed by atoms with E-state index in [1.807, 2.05) is 18.7 Å². The van der Waals surface area contributed by atoms with Crippen molar-refractivity contribution in [1.82, 2.24) is 20.4 Å². The van der Waals surface area contributed by atoms with Crippen molar-refractivity contribution in [2.24, 2.45) is 17.5 Å². The standard InChI is InChI=1S/C15H27N5/c1-6-16-14(18-10-15(4)7-8-15)17-9-13-11(2)19-20(5)12(13)3/h6-10H2,1-5H3,(H2,16,17,18). The van der Waals surface area contributed by atoms with Crippen molar-refractivity contribution in [3.63, 3.8) is 0 Å². The lowest BCUT2D eigenvalue weighted by atomic mass is 10.1. The van der Waals surface area contributed by atoms with Gasteiger partial charge in [-0.2, -0.15) is 5.10 Å². The molecule has 2 N–H and O–H groups in total. The van der Waals surface area contributed by atoms with E-state index in [-0.39, 0.29) is 0 Å². The van der Waals surface area contributed by atoms with Crippen molar-refractivity contribution in [3.05, 3.63) is 17.0 Å². The van der Waals surface area contributed by atoms with Crippen LogP contribution in [-0.2, 0) is 13.6 Å². The van der Waals surface area contributed by atoms with Gasteiger partial charge in [-0.05, 0) is 39.0 Å². The molecule has 0 radical (unpaired) electrons. The number of aromatic nitrogens is 2. The Bertz CT molecular complexity index is 497. The second-order valence-corrected chi connectivity index (χ2v) is 6.13. The van der Waals surface area contributed by atoms with E-state index in [1.54, 1.807) is 0 Å². The molecule has 112 valence electrons.